The number of ether oxygens (including phenoxy) is 2. The highest BCUT2D eigenvalue weighted by atomic mass is 35.5. The van der Waals surface area contributed by atoms with Gasteiger partial charge >= 0.3 is 5.97 Å². The van der Waals surface area contributed by atoms with E-state index in [0.717, 1.165) is 24.3 Å². The molecule has 3 rings (SSSR count). The lowest BCUT2D eigenvalue weighted by atomic mass is 10.1. The van der Waals surface area contributed by atoms with Crippen molar-refractivity contribution in [3.63, 3.8) is 0 Å². The summed E-state index contributed by atoms with van der Waals surface area (Å²) in [6.45, 7) is 6.97. The fourth-order valence-corrected chi connectivity index (χ4v) is 3.23. The zero-order valence-corrected chi connectivity index (χ0v) is 15.1. The van der Waals surface area contributed by atoms with Crippen LogP contribution in [0.1, 0.15) is 20.3 Å². The highest BCUT2D eigenvalue weighted by Gasteiger charge is 2.19. The summed E-state index contributed by atoms with van der Waals surface area (Å²) in [6, 6.07) is 3.60. The fourth-order valence-electron chi connectivity index (χ4n) is 2.95. The van der Waals surface area contributed by atoms with Crippen molar-refractivity contribution < 1.29 is 14.3 Å². The van der Waals surface area contributed by atoms with E-state index in [0.29, 0.717) is 30.2 Å². The predicted molar refractivity (Wildman–Crippen MR) is 97.9 cm³/mol. The largest absolute Gasteiger partial charge is 0.421 e. The van der Waals surface area contributed by atoms with E-state index in [2.05, 4.69) is 4.90 Å². The van der Waals surface area contributed by atoms with Crippen molar-refractivity contribution in [2.75, 3.05) is 31.2 Å². The summed E-state index contributed by atoms with van der Waals surface area (Å²) in [7, 11) is 0. The molecule has 1 fully saturated rings. The van der Waals surface area contributed by atoms with Gasteiger partial charge in [0.1, 0.15) is 0 Å². The average Bonchev–Trinajstić information content (AvgIpc) is 2.64. The topological polar surface area (TPSA) is 60.8 Å². The summed E-state index contributed by atoms with van der Waals surface area (Å²) in [5.41, 5.74) is 1.23. The van der Waals surface area contributed by atoms with Crippen LogP contribution in [0.3, 0.4) is 0 Å². The first kappa shape index (κ1) is 17.8. The maximum absolute atomic E-state index is 12.8. The first-order chi connectivity index (χ1) is 12.0. The van der Waals surface area contributed by atoms with E-state index < -0.39 is 5.97 Å². The predicted octanol–water partition coefficient (Wildman–Crippen LogP) is 2.83. The summed E-state index contributed by atoms with van der Waals surface area (Å²) in [6.07, 6.45) is 1.78. The molecule has 7 heteroatoms. The van der Waals surface area contributed by atoms with Crippen molar-refractivity contribution in [1.29, 1.82) is 0 Å². The van der Waals surface area contributed by atoms with Crippen molar-refractivity contribution in [2.45, 2.75) is 26.8 Å². The minimum Gasteiger partial charge on any atom is -0.421 e. The van der Waals surface area contributed by atoms with Crippen molar-refractivity contribution in [3.05, 3.63) is 33.6 Å². The van der Waals surface area contributed by atoms with Crippen LogP contribution < -0.4 is 15.1 Å². The number of aryl methyl sites for hydroxylation is 1. The molecule has 2 aromatic rings. The van der Waals surface area contributed by atoms with Gasteiger partial charge in [-0.2, -0.15) is 0 Å². The molecule has 1 saturated heterocycles. The number of halogens is 1. The number of aromatic nitrogens is 1. The third-order valence-corrected chi connectivity index (χ3v) is 4.62. The number of nitrogens with zero attached hydrogens (tertiary/aromatic N) is 2. The Hall–Kier alpha value is -2.05. The van der Waals surface area contributed by atoms with Crippen LogP contribution in [-0.4, -0.2) is 36.8 Å². The van der Waals surface area contributed by atoms with E-state index in [-0.39, 0.29) is 17.6 Å². The van der Waals surface area contributed by atoms with E-state index in [1.165, 1.54) is 0 Å². The molecular formula is C18H21ClN2O4. The minimum absolute atomic E-state index is 0.0523. The number of pyridine rings is 1. The van der Waals surface area contributed by atoms with Crippen LogP contribution in [0.5, 0.6) is 5.75 Å². The standard InChI is InChI=1S/C18H21ClN2O4/c1-3-17(22)25-16-11-20(4-2)14-10-13(19)15(9-12(14)18(16)23)21-5-7-24-8-6-21/h9-11H,3-8H2,1-2H3. The van der Waals surface area contributed by atoms with Gasteiger partial charge in [-0.1, -0.05) is 18.5 Å². The van der Waals surface area contributed by atoms with Crippen molar-refractivity contribution in [1.82, 2.24) is 4.57 Å². The lowest BCUT2D eigenvalue weighted by molar-refractivity contribution is -0.134. The number of fused-ring (bicyclic) bond motifs is 1. The van der Waals surface area contributed by atoms with Crippen LogP contribution in [0.2, 0.25) is 5.02 Å². The molecule has 0 radical (unpaired) electrons. The summed E-state index contributed by atoms with van der Waals surface area (Å²) in [4.78, 5) is 26.5. The molecule has 1 aromatic heterocycles. The third-order valence-electron chi connectivity index (χ3n) is 4.32. The molecule has 0 amide bonds. The number of benzene rings is 1. The molecule has 0 bridgehead atoms. The normalized spacial score (nSPS) is 14.8. The van der Waals surface area contributed by atoms with Crippen LogP contribution in [-0.2, 0) is 16.1 Å². The van der Waals surface area contributed by atoms with Crippen LogP contribution in [0, 0.1) is 0 Å². The van der Waals surface area contributed by atoms with Crippen LogP contribution in [0.15, 0.2) is 23.1 Å². The van der Waals surface area contributed by atoms with Gasteiger partial charge in [0.2, 0.25) is 5.43 Å². The van der Waals surface area contributed by atoms with Crippen LogP contribution >= 0.6 is 11.6 Å². The smallest absolute Gasteiger partial charge is 0.311 e. The highest BCUT2D eigenvalue weighted by molar-refractivity contribution is 6.34. The molecule has 25 heavy (non-hydrogen) atoms. The summed E-state index contributed by atoms with van der Waals surface area (Å²) in [5.74, 6) is -0.377. The molecule has 0 aliphatic carbocycles. The highest BCUT2D eigenvalue weighted by Crippen LogP contribution is 2.31. The van der Waals surface area contributed by atoms with Gasteiger partial charge in [-0.3, -0.25) is 9.59 Å². The Balaban J connectivity index is 2.16. The average molecular weight is 365 g/mol. The second-order valence-corrected chi connectivity index (χ2v) is 6.26. The lowest BCUT2D eigenvalue weighted by Gasteiger charge is -2.30. The molecule has 0 atom stereocenters. The number of esters is 1. The van der Waals surface area contributed by atoms with Gasteiger partial charge in [0.05, 0.1) is 41.0 Å². The van der Waals surface area contributed by atoms with E-state index in [9.17, 15) is 9.59 Å². The van der Waals surface area contributed by atoms with E-state index in [1.54, 1.807) is 25.3 Å². The molecule has 134 valence electrons. The van der Waals surface area contributed by atoms with Gasteiger partial charge in [0.15, 0.2) is 5.75 Å². The van der Waals surface area contributed by atoms with Gasteiger partial charge in [0.25, 0.3) is 0 Å². The van der Waals surface area contributed by atoms with E-state index in [1.807, 2.05) is 11.5 Å². The van der Waals surface area contributed by atoms with Gasteiger partial charge in [-0.15, -0.1) is 0 Å². The zero-order chi connectivity index (χ0) is 18.0. The molecule has 2 heterocycles. The van der Waals surface area contributed by atoms with Crippen LogP contribution in [0.25, 0.3) is 10.9 Å². The SMILES string of the molecule is CCC(=O)Oc1cn(CC)c2cc(Cl)c(N3CCOCC3)cc2c1=O. The Morgan fingerprint density at radius 2 is 2.00 bits per heavy atom. The monoisotopic (exact) mass is 364 g/mol. The Morgan fingerprint density at radius 3 is 2.64 bits per heavy atom. The number of carbonyl (C=O) groups excluding carboxylic acids is 1. The Bertz CT molecular complexity index is 856. The summed E-state index contributed by atoms with van der Waals surface area (Å²) < 4.78 is 12.5. The molecule has 0 saturated carbocycles. The number of morpholine rings is 1. The molecule has 1 aliphatic heterocycles. The maximum atomic E-state index is 12.8. The van der Waals surface area contributed by atoms with Gasteiger partial charge in [-0.05, 0) is 19.1 Å². The van der Waals surface area contributed by atoms with Gasteiger partial charge in [-0.25, -0.2) is 0 Å². The van der Waals surface area contributed by atoms with Crippen molar-refractivity contribution >= 4 is 34.2 Å². The Kier molecular flexibility index (Phi) is 5.30. The number of hydrogen-bond donors (Lipinski definition) is 0. The Labute approximate surface area is 150 Å². The molecule has 6 nitrogen and oxygen atoms in total. The second-order valence-electron chi connectivity index (χ2n) is 5.86. The van der Waals surface area contributed by atoms with Gasteiger partial charge in [0, 0.05) is 26.1 Å². The van der Waals surface area contributed by atoms with Crippen LogP contribution in [0.4, 0.5) is 5.69 Å². The van der Waals surface area contributed by atoms with E-state index >= 15 is 0 Å². The quantitative estimate of drug-likeness (QED) is 0.781. The summed E-state index contributed by atoms with van der Waals surface area (Å²) >= 11 is 6.48. The molecular weight excluding hydrogens is 344 g/mol. The van der Waals surface area contributed by atoms with Gasteiger partial charge < -0.3 is 18.9 Å². The first-order valence-electron chi connectivity index (χ1n) is 8.45. The van der Waals surface area contributed by atoms with Crippen molar-refractivity contribution in [2.24, 2.45) is 0 Å². The zero-order valence-electron chi connectivity index (χ0n) is 14.4. The van der Waals surface area contributed by atoms with E-state index in [4.69, 9.17) is 21.1 Å². The number of rotatable bonds is 4. The summed E-state index contributed by atoms with van der Waals surface area (Å²) in [5, 5.41) is 1.09. The molecule has 0 N–H and O–H groups in total. The fraction of sp³-hybridized carbons (Fsp3) is 0.444. The molecule has 1 aromatic carbocycles. The van der Waals surface area contributed by atoms with Crippen molar-refractivity contribution in [3.8, 4) is 5.75 Å². The molecule has 1 aliphatic rings. The molecule has 0 spiro atoms. The number of hydrogen-bond acceptors (Lipinski definition) is 5. The Morgan fingerprint density at radius 1 is 1.28 bits per heavy atom. The number of carbonyl (C=O) groups is 1. The molecule has 0 unspecified atom stereocenters. The number of anilines is 1. The minimum atomic E-state index is -0.429. The second kappa shape index (κ2) is 7.45. The third kappa shape index (κ3) is 3.50. The maximum Gasteiger partial charge on any atom is 0.311 e. The first-order valence-corrected chi connectivity index (χ1v) is 8.83. The lowest BCUT2D eigenvalue weighted by Crippen LogP contribution is -2.36.